The highest BCUT2D eigenvalue weighted by Gasteiger charge is 2.16. The van der Waals surface area contributed by atoms with Crippen molar-refractivity contribution in [3.05, 3.63) is 51.9 Å². The van der Waals surface area contributed by atoms with Crippen LogP contribution in [0.3, 0.4) is 0 Å². The van der Waals surface area contributed by atoms with Gasteiger partial charge in [0, 0.05) is 10.4 Å². The Kier molecular flexibility index (Phi) is 6.64. The van der Waals surface area contributed by atoms with Crippen LogP contribution in [0.2, 0.25) is 0 Å². The molecule has 0 aliphatic carbocycles. The Labute approximate surface area is 130 Å². The lowest BCUT2D eigenvalue weighted by Gasteiger charge is -2.02. The molecule has 0 radical (unpaired) electrons. The van der Waals surface area contributed by atoms with E-state index in [-0.39, 0.29) is 5.91 Å². The fraction of sp³-hybridized carbons (Fsp3) is 0.294. The Morgan fingerprint density at radius 1 is 1.29 bits per heavy atom. The summed E-state index contributed by atoms with van der Waals surface area (Å²) in [7, 11) is 0. The van der Waals surface area contributed by atoms with Crippen molar-refractivity contribution in [1.82, 2.24) is 0 Å². The molecule has 0 bridgehead atoms. The molecular formula is C17H20N2OS. The standard InChI is InChI=1S/C15H14N2OS.C2H6/c1-3-13-10(2)12(9-16)15(19-13)17-14(18)11-7-5-4-6-8-11;1-2/h4-8H,3H2,1-2H3,(H,17,18);1-2H3. The summed E-state index contributed by atoms with van der Waals surface area (Å²) in [6.45, 7) is 7.97. The van der Waals surface area contributed by atoms with Gasteiger partial charge >= 0.3 is 0 Å². The van der Waals surface area contributed by atoms with Crippen LogP contribution in [0.1, 0.15) is 47.1 Å². The van der Waals surface area contributed by atoms with Gasteiger partial charge < -0.3 is 5.32 Å². The van der Waals surface area contributed by atoms with E-state index in [4.69, 9.17) is 0 Å². The molecule has 0 spiro atoms. The molecule has 0 aliphatic heterocycles. The van der Waals surface area contributed by atoms with E-state index in [9.17, 15) is 10.1 Å². The number of nitrogens with one attached hydrogen (secondary N) is 1. The average molecular weight is 300 g/mol. The molecule has 1 aromatic heterocycles. The maximum absolute atomic E-state index is 12.1. The van der Waals surface area contributed by atoms with E-state index >= 15 is 0 Å². The number of nitrogens with zero attached hydrogens (tertiary/aromatic N) is 1. The van der Waals surface area contributed by atoms with Gasteiger partial charge in [-0.3, -0.25) is 4.79 Å². The van der Waals surface area contributed by atoms with Crippen molar-refractivity contribution in [3.8, 4) is 6.07 Å². The maximum Gasteiger partial charge on any atom is 0.256 e. The number of anilines is 1. The predicted octanol–water partition coefficient (Wildman–Crippen LogP) is 4.77. The molecular weight excluding hydrogens is 280 g/mol. The molecule has 1 heterocycles. The third-order valence-corrected chi connectivity index (χ3v) is 4.29. The lowest BCUT2D eigenvalue weighted by atomic mass is 10.1. The molecule has 0 aliphatic rings. The number of nitriles is 1. The number of amides is 1. The Morgan fingerprint density at radius 2 is 1.90 bits per heavy atom. The van der Waals surface area contributed by atoms with Crippen molar-refractivity contribution in [2.45, 2.75) is 34.1 Å². The van der Waals surface area contributed by atoms with Gasteiger partial charge in [-0.05, 0) is 31.0 Å². The lowest BCUT2D eigenvalue weighted by molar-refractivity contribution is 0.102. The molecule has 1 aromatic carbocycles. The highest BCUT2D eigenvalue weighted by molar-refractivity contribution is 7.16. The summed E-state index contributed by atoms with van der Waals surface area (Å²) in [5, 5.41) is 12.7. The van der Waals surface area contributed by atoms with E-state index < -0.39 is 0 Å². The van der Waals surface area contributed by atoms with E-state index in [2.05, 4.69) is 11.4 Å². The van der Waals surface area contributed by atoms with Crippen LogP contribution in [0.5, 0.6) is 0 Å². The van der Waals surface area contributed by atoms with Gasteiger partial charge in [0.15, 0.2) is 0 Å². The second-order valence-electron chi connectivity index (χ2n) is 4.14. The number of rotatable bonds is 3. The first-order valence-corrected chi connectivity index (χ1v) is 7.87. The van der Waals surface area contributed by atoms with Gasteiger partial charge in [0.1, 0.15) is 11.1 Å². The van der Waals surface area contributed by atoms with Crippen molar-refractivity contribution in [2.24, 2.45) is 0 Å². The Bertz CT molecular complexity index is 639. The van der Waals surface area contributed by atoms with Crippen LogP contribution >= 0.6 is 11.3 Å². The Hall–Kier alpha value is -2.12. The minimum Gasteiger partial charge on any atom is -0.312 e. The number of hydrogen-bond acceptors (Lipinski definition) is 3. The van der Waals surface area contributed by atoms with Gasteiger partial charge in [-0.1, -0.05) is 39.0 Å². The van der Waals surface area contributed by atoms with Crippen molar-refractivity contribution in [3.63, 3.8) is 0 Å². The number of thiophene rings is 1. The molecule has 0 atom stereocenters. The molecule has 1 N–H and O–H groups in total. The molecule has 2 rings (SSSR count). The quantitative estimate of drug-likeness (QED) is 0.887. The first kappa shape index (κ1) is 16.9. The van der Waals surface area contributed by atoms with Gasteiger partial charge in [0.25, 0.3) is 5.91 Å². The van der Waals surface area contributed by atoms with Gasteiger partial charge in [-0.2, -0.15) is 5.26 Å². The first-order chi connectivity index (χ1) is 10.2. The van der Waals surface area contributed by atoms with Crippen LogP contribution in [-0.2, 0) is 6.42 Å². The minimum absolute atomic E-state index is 0.180. The zero-order valence-electron chi connectivity index (χ0n) is 12.9. The molecule has 110 valence electrons. The molecule has 0 unspecified atom stereocenters. The predicted molar refractivity (Wildman–Crippen MR) is 88.9 cm³/mol. The van der Waals surface area contributed by atoms with Crippen molar-refractivity contribution in [1.29, 1.82) is 5.26 Å². The van der Waals surface area contributed by atoms with E-state index in [0.717, 1.165) is 16.9 Å². The molecule has 0 saturated heterocycles. The molecule has 1 amide bonds. The van der Waals surface area contributed by atoms with Gasteiger partial charge in [0.2, 0.25) is 0 Å². The normalized spacial score (nSPS) is 9.29. The summed E-state index contributed by atoms with van der Waals surface area (Å²) >= 11 is 1.48. The number of benzene rings is 1. The average Bonchev–Trinajstić information content (AvgIpc) is 2.85. The third-order valence-electron chi connectivity index (χ3n) is 2.94. The molecule has 4 heteroatoms. The number of hydrogen-bond donors (Lipinski definition) is 1. The van der Waals surface area contributed by atoms with Crippen molar-refractivity contribution in [2.75, 3.05) is 5.32 Å². The summed E-state index contributed by atoms with van der Waals surface area (Å²) in [6.07, 6.45) is 0.867. The Balaban J connectivity index is 0.00000106. The van der Waals surface area contributed by atoms with Crippen LogP contribution in [0, 0.1) is 18.3 Å². The lowest BCUT2D eigenvalue weighted by Crippen LogP contribution is -2.11. The molecule has 2 aromatic rings. The largest absolute Gasteiger partial charge is 0.312 e. The summed E-state index contributed by atoms with van der Waals surface area (Å²) in [4.78, 5) is 13.2. The first-order valence-electron chi connectivity index (χ1n) is 7.06. The van der Waals surface area contributed by atoms with Gasteiger partial charge in [0.05, 0.1) is 5.56 Å². The van der Waals surface area contributed by atoms with Crippen LogP contribution in [0.4, 0.5) is 5.00 Å². The van der Waals surface area contributed by atoms with Crippen LogP contribution < -0.4 is 5.32 Å². The second-order valence-corrected chi connectivity index (χ2v) is 5.25. The number of carbonyl (C=O) groups excluding carboxylic acids is 1. The zero-order chi connectivity index (χ0) is 15.8. The molecule has 0 fully saturated rings. The van der Waals surface area contributed by atoms with Crippen molar-refractivity contribution < 1.29 is 4.79 Å². The highest BCUT2D eigenvalue weighted by Crippen LogP contribution is 2.32. The van der Waals surface area contributed by atoms with Crippen molar-refractivity contribution >= 4 is 22.2 Å². The smallest absolute Gasteiger partial charge is 0.256 e. The fourth-order valence-electron chi connectivity index (χ4n) is 1.89. The minimum atomic E-state index is -0.180. The van der Waals surface area contributed by atoms with Gasteiger partial charge in [-0.25, -0.2) is 0 Å². The summed E-state index contributed by atoms with van der Waals surface area (Å²) in [6, 6.07) is 11.2. The second kappa shape index (κ2) is 8.23. The number of aryl methyl sites for hydroxylation is 1. The highest BCUT2D eigenvalue weighted by atomic mass is 32.1. The molecule has 3 nitrogen and oxygen atoms in total. The Morgan fingerprint density at radius 3 is 2.43 bits per heavy atom. The summed E-state index contributed by atoms with van der Waals surface area (Å²) < 4.78 is 0. The third kappa shape index (κ3) is 3.93. The van der Waals surface area contributed by atoms with Crippen LogP contribution in [0.15, 0.2) is 30.3 Å². The summed E-state index contributed by atoms with van der Waals surface area (Å²) in [5.74, 6) is -0.180. The monoisotopic (exact) mass is 300 g/mol. The fourth-order valence-corrected chi connectivity index (χ4v) is 2.98. The van der Waals surface area contributed by atoms with E-state index in [1.807, 2.05) is 45.9 Å². The SMILES string of the molecule is CC.CCc1sc(NC(=O)c2ccccc2)c(C#N)c1C. The maximum atomic E-state index is 12.1. The van der Waals surface area contributed by atoms with E-state index in [1.165, 1.54) is 11.3 Å². The topological polar surface area (TPSA) is 52.9 Å². The van der Waals surface area contributed by atoms with E-state index in [1.54, 1.807) is 12.1 Å². The van der Waals surface area contributed by atoms with E-state index in [0.29, 0.717) is 16.1 Å². The van der Waals surface area contributed by atoms with Crippen LogP contribution in [0.25, 0.3) is 0 Å². The summed E-state index contributed by atoms with van der Waals surface area (Å²) in [5.41, 5.74) is 2.14. The van der Waals surface area contributed by atoms with Crippen LogP contribution in [-0.4, -0.2) is 5.91 Å². The van der Waals surface area contributed by atoms with Gasteiger partial charge in [-0.15, -0.1) is 11.3 Å². The molecule has 0 saturated carbocycles. The number of carbonyl (C=O) groups is 1. The zero-order valence-corrected chi connectivity index (χ0v) is 13.7. The molecule has 21 heavy (non-hydrogen) atoms.